The zero-order valence-corrected chi connectivity index (χ0v) is 11.4. The number of carboxylic acids is 1. The summed E-state index contributed by atoms with van der Waals surface area (Å²) in [5, 5.41) is 9.91. The molecular formula is C15H17N3O2. The number of para-hydroxylation sites is 1. The lowest BCUT2D eigenvalue weighted by atomic mass is 10.1. The van der Waals surface area contributed by atoms with E-state index in [-0.39, 0.29) is 5.56 Å². The van der Waals surface area contributed by atoms with Gasteiger partial charge in [-0.1, -0.05) is 12.1 Å². The van der Waals surface area contributed by atoms with E-state index in [1.807, 2.05) is 12.1 Å². The Labute approximate surface area is 117 Å². The minimum absolute atomic E-state index is 0.230. The fourth-order valence-corrected chi connectivity index (χ4v) is 2.56. The van der Waals surface area contributed by atoms with Crippen LogP contribution in [0.2, 0.25) is 0 Å². The van der Waals surface area contributed by atoms with Gasteiger partial charge in [0.2, 0.25) is 0 Å². The van der Waals surface area contributed by atoms with Crippen LogP contribution in [0.5, 0.6) is 0 Å². The van der Waals surface area contributed by atoms with Crippen molar-refractivity contribution >= 4 is 22.6 Å². The molecule has 5 heteroatoms. The second-order valence-corrected chi connectivity index (χ2v) is 5.17. The lowest BCUT2D eigenvalue weighted by molar-refractivity contribution is 0.0696. The summed E-state index contributed by atoms with van der Waals surface area (Å²) in [6.45, 7) is 4.00. The predicted molar refractivity (Wildman–Crippen MR) is 78.4 cm³/mol. The van der Waals surface area contributed by atoms with E-state index in [4.69, 9.17) is 5.11 Å². The zero-order chi connectivity index (χ0) is 14.1. The van der Waals surface area contributed by atoms with Crippen molar-refractivity contribution in [2.75, 3.05) is 38.1 Å². The molecule has 1 aromatic carbocycles. The van der Waals surface area contributed by atoms with E-state index in [2.05, 4.69) is 27.9 Å². The first-order valence-corrected chi connectivity index (χ1v) is 6.71. The summed E-state index contributed by atoms with van der Waals surface area (Å²) < 4.78 is 0. The van der Waals surface area contributed by atoms with Gasteiger partial charge in [0.1, 0.15) is 0 Å². The number of benzene rings is 1. The van der Waals surface area contributed by atoms with Gasteiger partial charge in [-0.3, -0.25) is 4.98 Å². The molecule has 1 fully saturated rings. The number of hydrogen-bond donors (Lipinski definition) is 1. The average Bonchev–Trinajstić information content (AvgIpc) is 2.47. The van der Waals surface area contributed by atoms with Crippen molar-refractivity contribution < 1.29 is 9.90 Å². The number of aromatic carboxylic acids is 1. The molecule has 20 heavy (non-hydrogen) atoms. The van der Waals surface area contributed by atoms with Crippen molar-refractivity contribution in [1.29, 1.82) is 0 Å². The van der Waals surface area contributed by atoms with E-state index in [9.17, 15) is 4.79 Å². The van der Waals surface area contributed by atoms with Crippen LogP contribution in [0.1, 0.15) is 10.4 Å². The Morgan fingerprint density at radius 1 is 1.25 bits per heavy atom. The molecule has 0 radical (unpaired) electrons. The minimum atomic E-state index is -0.940. The summed E-state index contributed by atoms with van der Waals surface area (Å²) in [5.74, 6) is -0.940. The van der Waals surface area contributed by atoms with Crippen molar-refractivity contribution in [1.82, 2.24) is 9.88 Å². The fourth-order valence-electron chi connectivity index (χ4n) is 2.56. The van der Waals surface area contributed by atoms with Crippen molar-refractivity contribution in [3.05, 3.63) is 36.0 Å². The summed E-state index contributed by atoms with van der Waals surface area (Å²) in [6.07, 6.45) is 1.43. The number of piperazine rings is 1. The molecule has 5 nitrogen and oxygen atoms in total. The minimum Gasteiger partial charge on any atom is -0.478 e. The van der Waals surface area contributed by atoms with Crippen LogP contribution >= 0.6 is 0 Å². The third-order valence-corrected chi connectivity index (χ3v) is 3.78. The Morgan fingerprint density at radius 3 is 2.70 bits per heavy atom. The smallest absolute Gasteiger partial charge is 0.337 e. The van der Waals surface area contributed by atoms with Crippen molar-refractivity contribution in [3.8, 4) is 0 Å². The van der Waals surface area contributed by atoms with Gasteiger partial charge in [0, 0.05) is 37.8 Å². The Morgan fingerprint density at radius 2 is 2.00 bits per heavy atom. The van der Waals surface area contributed by atoms with Crippen molar-refractivity contribution in [2.24, 2.45) is 0 Å². The fraction of sp³-hybridized carbons (Fsp3) is 0.333. The van der Waals surface area contributed by atoms with Gasteiger partial charge >= 0.3 is 5.97 Å². The molecule has 0 saturated carbocycles. The van der Waals surface area contributed by atoms with Crippen LogP contribution in [0.15, 0.2) is 30.5 Å². The van der Waals surface area contributed by atoms with Gasteiger partial charge in [-0.2, -0.15) is 0 Å². The second-order valence-electron chi connectivity index (χ2n) is 5.17. The highest BCUT2D eigenvalue weighted by Crippen LogP contribution is 2.26. The van der Waals surface area contributed by atoms with Crippen LogP contribution in [0.25, 0.3) is 10.9 Å². The molecule has 2 aromatic rings. The molecule has 0 bridgehead atoms. The molecule has 0 spiro atoms. The van der Waals surface area contributed by atoms with Crippen molar-refractivity contribution in [3.63, 3.8) is 0 Å². The maximum Gasteiger partial charge on any atom is 0.337 e. The van der Waals surface area contributed by atoms with Crippen LogP contribution < -0.4 is 4.90 Å². The third-order valence-electron chi connectivity index (χ3n) is 3.78. The maximum atomic E-state index is 11.0. The van der Waals surface area contributed by atoms with Gasteiger partial charge in [0.05, 0.1) is 16.8 Å². The van der Waals surface area contributed by atoms with Crippen LogP contribution in [-0.4, -0.2) is 54.2 Å². The lowest BCUT2D eigenvalue weighted by Gasteiger charge is -2.34. The number of nitrogens with zero attached hydrogens (tertiary/aromatic N) is 3. The van der Waals surface area contributed by atoms with Crippen molar-refractivity contribution in [2.45, 2.75) is 0 Å². The Hall–Kier alpha value is -2.14. The number of carboxylic acid groups (broad SMARTS) is 1. The lowest BCUT2D eigenvalue weighted by Crippen LogP contribution is -2.44. The summed E-state index contributed by atoms with van der Waals surface area (Å²) in [6, 6.07) is 7.61. The molecule has 0 unspecified atom stereocenters. The van der Waals surface area contributed by atoms with Gasteiger partial charge in [-0.25, -0.2) is 4.79 Å². The van der Waals surface area contributed by atoms with Crippen LogP contribution in [0.4, 0.5) is 5.69 Å². The average molecular weight is 271 g/mol. The van der Waals surface area contributed by atoms with Gasteiger partial charge in [0.15, 0.2) is 0 Å². The number of anilines is 1. The topological polar surface area (TPSA) is 56.7 Å². The van der Waals surface area contributed by atoms with E-state index in [1.165, 1.54) is 6.20 Å². The molecule has 0 atom stereocenters. The van der Waals surface area contributed by atoms with Crippen LogP contribution in [-0.2, 0) is 0 Å². The molecule has 1 aliphatic heterocycles. The van der Waals surface area contributed by atoms with E-state index >= 15 is 0 Å². The number of carbonyl (C=O) groups is 1. The highest BCUT2D eigenvalue weighted by atomic mass is 16.4. The summed E-state index contributed by atoms with van der Waals surface area (Å²) >= 11 is 0. The molecule has 0 amide bonds. The first kappa shape index (κ1) is 12.9. The van der Waals surface area contributed by atoms with E-state index < -0.39 is 5.97 Å². The monoisotopic (exact) mass is 271 g/mol. The Kier molecular flexibility index (Phi) is 3.28. The molecular weight excluding hydrogens is 254 g/mol. The number of likely N-dealkylation sites (N-methyl/N-ethyl adjacent to an activating group) is 1. The number of fused-ring (bicyclic) bond motifs is 1. The first-order valence-electron chi connectivity index (χ1n) is 6.71. The standard InChI is InChI=1S/C15H17N3O2/c1-17-5-7-18(8-6-17)13-4-2-3-11-9-12(15(19)20)10-16-14(11)13/h2-4,9-10H,5-8H2,1H3,(H,19,20). The molecule has 2 heterocycles. The summed E-state index contributed by atoms with van der Waals surface area (Å²) in [7, 11) is 2.12. The molecule has 1 saturated heterocycles. The predicted octanol–water partition coefficient (Wildman–Crippen LogP) is 1.68. The summed E-state index contributed by atoms with van der Waals surface area (Å²) in [5.41, 5.74) is 2.20. The van der Waals surface area contributed by atoms with Crippen LogP contribution in [0.3, 0.4) is 0 Å². The molecule has 1 aliphatic rings. The van der Waals surface area contributed by atoms with E-state index in [0.29, 0.717) is 0 Å². The third kappa shape index (κ3) is 2.32. The maximum absolute atomic E-state index is 11.0. The normalized spacial score (nSPS) is 16.6. The number of hydrogen-bond acceptors (Lipinski definition) is 4. The summed E-state index contributed by atoms with van der Waals surface area (Å²) in [4.78, 5) is 20.0. The van der Waals surface area contributed by atoms with Gasteiger partial charge in [-0.05, 0) is 19.2 Å². The molecule has 1 aromatic heterocycles. The highest BCUT2D eigenvalue weighted by Gasteiger charge is 2.17. The zero-order valence-electron chi connectivity index (χ0n) is 11.4. The van der Waals surface area contributed by atoms with Gasteiger partial charge in [-0.15, -0.1) is 0 Å². The molecule has 0 aliphatic carbocycles. The van der Waals surface area contributed by atoms with E-state index in [1.54, 1.807) is 6.07 Å². The number of rotatable bonds is 2. The van der Waals surface area contributed by atoms with E-state index in [0.717, 1.165) is 42.8 Å². The number of aromatic nitrogens is 1. The van der Waals surface area contributed by atoms with Gasteiger partial charge in [0.25, 0.3) is 0 Å². The molecule has 104 valence electrons. The Bertz CT molecular complexity index is 649. The highest BCUT2D eigenvalue weighted by molar-refractivity contribution is 5.96. The largest absolute Gasteiger partial charge is 0.478 e. The molecule has 3 rings (SSSR count). The SMILES string of the molecule is CN1CCN(c2cccc3cc(C(=O)O)cnc23)CC1. The Balaban J connectivity index is 2.01. The second kappa shape index (κ2) is 5.09. The first-order chi connectivity index (χ1) is 9.65. The van der Waals surface area contributed by atoms with Gasteiger partial charge < -0.3 is 14.9 Å². The molecule has 1 N–H and O–H groups in total. The number of pyridine rings is 1. The van der Waals surface area contributed by atoms with Crippen LogP contribution in [0, 0.1) is 0 Å². The quantitative estimate of drug-likeness (QED) is 0.900.